The number of carbonyl (C=O) groups excluding carboxylic acids is 2. The molecule has 0 aliphatic carbocycles. The van der Waals surface area contributed by atoms with E-state index in [1.54, 1.807) is 0 Å². The van der Waals surface area contributed by atoms with Gasteiger partial charge in [-0.3, -0.25) is 9.59 Å². The Labute approximate surface area is 265 Å². The molecule has 9 heteroatoms. The van der Waals surface area contributed by atoms with Crippen LogP contribution in [-0.2, 0) is 23.4 Å². The number of nitriles is 1. The summed E-state index contributed by atoms with van der Waals surface area (Å²) in [5.41, 5.74) is 0. The summed E-state index contributed by atoms with van der Waals surface area (Å²) < 4.78 is 19.4. The number of hydrogen-bond acceptors (Lipinski definition) is 7. The van der Waals surface area contributed by atoms with Gasteiger partial charge in [-0.25, -0.2) is 4.67 Å². The number of nitrogens with zero attached hydrogens (tertiary/aromatic N) is 3. The maximum atomic E-state index is 12.8. The van der Waals surface area contributed by atoms with E-state index in [0.29, 0.717) is 32.4 Å². The highest BCUT2D eigenvalue weighted by Crippen LogP contribution is 2.48. The minimum atomic E-state index is -1.26. The first kappa shape index (κ1) is 39.8. The summed E-state index contributed by atoms with van der Waals surface area (Å²) in [6.07, 6.45) is 22.4. The molecule has 0 N–H and O–H groups in total. The second-order valence-electron chi connectivity index (χ2n) is 12.6. The lowest BCUT2D eigenvalue weighted by Crippen LogP contribution is -2.35. The molecule has 0 bridgehead atoms. The van der Waals surface area contributed by atoms with E-state index in [2.05, 4.69) is 43.2 Å². The van der Waals surface area contributed by atoms with Gasteiger partial charge in [-0.05, 0) is 47.0 Å². The predicted octanol–water partition coefficient (Wildman–Crippen LogP) is 9.07. The van der Waals surface area contributed by atoms with Gasteiger partial charge >= 0.3 is 5.97 Å². The van der Waals surface area contributed by atoms with Crippen LogP contribution in [0, 0.1) is 11.3 Å². The Kier molecular flexibility index (Phi) is 24.0. The number of amides is 1. The lowest BCUT2D eigenvalue weighted by atomic mass is 10.0. The highest BCUT2D eigenvalue weighted by atomic mass is 31.2. The fourth-order valence-corrected chi connectivity index (χ4v) is 7.48. The Balaban J connectivity index is 2.04. The molecule has 0 aromatic rings. The van der Waals surface area contributed by atoms with Crippen molar-refractivity contribution in [2.24, 2.45) is 0 Å². The zero-order valence-corrected chi connectivity index (χ0v) is 29.2. The second-order valence-corrected chi connectivity index (χ2v) is 14.0. The first-order valence-corrected chi connectivity index (χ1v) is 18.5. The van der Waals surface area contributed by atoms with Crippen molar-refractivity contribution < 1.29 is 23.4 Å². The molecule has 1 saturated heterocycles. The molecule has 0 radical (unpaired) electrons. The van der Waals surface area contributed by atoms with Crippen LogP contribution in [0.3, 0.4) is 0 Å². The standard InChI is InChI=1S/C34H64N3O5P/c1-30(2)37(31(3)4)43(41-28-22-26-35)42-32-25-27-36(29-32)33(38)23-20-18-16-14-12-10-8-6-7-9-11-13-15-17-19-21-24-34(39)40-5/h30-32H,6-25,27-29H2,1-5H3/t32-,43?/m0/s1. The lowest BCUT2D eigenvalue weighted by molar-refractivity contribution is -0.140. The molecule has 250 valence electrons. The molecule has 1 rings (SSSR count). The average Bonchev–Trinajstić information content (AvgIpc) is 3.44. The van der Waals surface area contributed by atoms with Gasteiger partial charge in [0.25, 0.3) is 8.53 Å². The molecule has 0 aromatic heterocycles. The number of ether oxygens (including phenoxy) is 1. The van der Waals surface area contributed by atoms with E-state index in [1.807, 2.05) is 4.90 Å². The van der Waals surface area contributed by atoms with Crippen molar-refractivity contribution in [3.63, 3.8) is 0 Å². The van der Waals surface area contributed by atoms with Crippen LogP contribution in [0.15, 0.2) is 0 Å². The zero-order valence-electron chi connectivity index (χ0n) is 28.3. The highest BCUT2D eigenvalue weighted by Gasteiger charge is 2.34. The SMILES string of the molecule is COC(=O)CCCCCCCCCCCCCCCCCCC(=O)N1CC[C@H](OP(OCCC#N)N(C(C)C)C(C)C)C1. The molecule has 0 saturated carbocycles. The van der Waals surface area contributed by atoms with Gasteiger partial charge < -0.3 is 18.7 Å². The van der Waals surface area contributed by atoms with E-state index in [4.69, 9.17) is 14.3 Å². The smallest absolute Gasteiger partial charge is 0.305 e. The van der Waals surface area contributed by atoms with Crippen molar-refractivity contribution >= 4 is 20.4 Å². The maximum absolute atomic E-state index is 12.8. The number of hydrogen-bond donors (Lipinski definition) is 0. The van der Waals surface area contributed by atoms with E-state index in [0.717, 1.165) is 38.6 Å². The Bertz CT molecular complexity index is 753. The molecule has 1 aliphatic heterocycles. The third kappa shape index (κ3) is 19.7. The molecule has 0 aromatic carbocycles. The monoisotopic (exact) mass is 625 g/mol. The van der Waals surface area contributed by atoms with Gasteiger partial charge in [0, 0.05) is 38.0 Å². The topological polar surface area (TPSA) is 92.1 Å². The van der Waals surface area contributed by atoms with Gasteiger partial charge in [0.1, 0.15) is 0 Å². The van der Waals surface area contributed by atoms with Gasteiger partial charge in [0.2, 0.25) is 5.91 Å². The molecular weight excluding hydrogens is 561 g/mol. The van der Waals surface area contributed by atoms with Gasteiger partial charge in [0.15, 0.2) is 0 Å². The number of unbranched alkanes of at least 4 members (excludes halogenated alkanes) is 15. The molecule has 1 amide bonds. The largest absolute Gasteiger partial charge is 0.469 e. The summed E-state index contributed by atoms with van der Waals surface area (Å²) >= 11 is 0. The van der Waals surface area contributed by atoms with Gasteiger partial charge in [-0.15, -0.1) is 0 Å². The Morgan fingerprint density at radius 3 is 1.72 bits per heavy atom. The van der Waals surface area contributed by atoms with Crippen LogP contribution in [-0.4, -0.2) is 66.4 Å². The maximum Gasteiger partial charge on any atom is 0.305 e. The Morgan fingerprint density at radius 1 is 0.814 bits per heavy atom. The molecule has 1 fully saturated rings. The average molecular weight is 626 g/mol. The molecule has 1 aliphatic rings. The highest BCUT2D eigenvalue weighted by molar-refractivity contribution is 7.44. The molecule has 43 heavy (non-hydrogen) atoms. The van der Waals surface area contributed by atoms with Crippen LogP contribution in [0.2, 0.25) is 0 Å². The fraction of sp³-hybridized carbons (Fsp3) is 0.912. The van der Waals surface area contributed by atoms with Gasteiger partial charge in [-0.2, -0.15) is 5.26 Å². The number of esters is 1. The van der Waals surface area contributed by atoms with Gasteiger partial charge in [0.05, 0.1) is 32.3 Å². The number of methoxy groups -OCH3 is 1. The van der Waals surface area contributed by atoms with Crippen LogP contribution in [0.25, 0.3) is 0 Å². The van der Waals surface area contributed by atoms with Crippen LogP contribution < -0.4 is 0 Å². The van der Waals surface area contributed by atoms with E-state index >= 15 is 0 Å². The number of carbonyl (C=O) groups is 2. The summed E-state index contributed by atoms with van der Waals surface area (Å²) in [7, 11) is 0.195. The summed E-state index contributed by atoms with van der Waals surface area (Å²) in [5.74, 6) is 0.168. The van der Waals surface area contributed by atoms with E-state index in [-0.39, 0.29) is 30.1 Å². The number of likely N-dealkylation sites (tertiary alicyclic amines) is 1. The zero-order chi connectivity index (χ0) is 31.7. The molecular formula is C34H64N3O5P. The van der Waals surface area contributed by atoms with E-state index in [1.165, 1.54) is 84.2 Å². The van der Waals surface area contributed by atoms with Crippen LogP contribution in [0.5, 0.6) is 0 Å². The normalized spacial score (nSPS) is 15.9. The van der Waals surface area contributed by atoms with E-state index in [9.17, 15) is 9.59 Å². The Morgan fingerprint density at radius 2 is 1.28 bits per heavy atom. The van der Waals surface area contributed by atoms with Crippen LogP contribution >= 0.6 is 8.53 Å². The summed E-state index contributed by atoms with van der Waals surface area (Å²) in [5, 5.41) is 8.92. The molecule has 8 nitrogen and oxygen atoms in total. The minimum absolute atomic E-state index is 0.00691. The van der Waals surface area contributed by atoms with Crippen molar-refractivity contribution in [2.75, 3.05) is 26.8 Å². The number of rotatable bonds is 27. The van der Waals surface area contributed by atoms with Crippen molar-refractivity contribution in [3.05, 3.63) is 0 Å². The summed E-state index contributed by atoms with van der Waals surface area (Å²) in [4.78, 5) is 25.9. The molecule has 1 unspecified atom stereocenters. The third-order valence-corrected chi connectivity index (χ3v) is 10.3. The van der Waals surface area contributed by atoms with E-state index < -0.39 is 8.53 Å². The summed E-state index contributed by atoms with van der Waals surface area (Å²) in [6, 6.07) is 2.69. The first-order valence-electron chi connectivity index (χ1n) is 17.4. The quantitative estimate of drug-likeness (QED) is 0.0511. The van der Waals surface area contributed by atoms with Crippen molar-refractivity contribution in [1.82, 2.24) is 9.57 Å². The summed E-state index contributed by atoms with van der Waals surface area (Å²) in [6.45, 7) is 10.3. The lowest BCUT2D eigenvalue weighted by Gasteiger charge is -2.36. The molecule has 1 heterocycles. The molecule has 2 atom stereocenters. The Hall–Kier alpha value is -1.26. The molecule has 0 spiro atoms. The fourth-order valence-electron chi connectivity index (χ4n) is 5.74. The van der Waals surface area contributed by atoms with Gasteiger partial charge in [-0.1, -0.05) is 89.9 Å². The minimum Gasteiger partial charge on any atom is -0.469 e. The van der Waals surface area contributed by atoms with Crippen molar-refractivity contribution in [2.45, 2.75) is 174 Å². The predicted molar refractivity (Wildman–Crippen MR) is 176 cm³/mol. The van der Waals surface area contributed by atoms with Crippen LogP contribution in [0.1, 0.15) is 156 Å². The second kappa shape index (κ2) is 26.0. The van der Waals surface area contributed by atoms with Crippen LogP contribution in [0.4, 0.5) is 0 Å². The first-order chi connectivity index (χ1) is 20.8. The van der Waals surface area contributed by atoms with Crippen molar-refractivity contribution in [1.29, 1.82) is 5.26 Å². The van der Waals surface area contributed by atoms with Crippen molar-refractivity contribution in [3.8, 4) is 6.07 Å². The third-order valence-electron chi connectivity index (χ3n) is 8.15.